The molecule has 0 unspecified atom stereocenters. The summed E-state index contributed by atoms with van der Waals surface area (Å²) in [6, 6.07) is 14.4. The average Bonchev–Trinajstić information content (AvgIpc) is 2.41. The van der Waals surface area contributed by atoms with Gasteiger partial charge in [0.05, 0.1) is 0 Å². The Balaban J connectivity index is 2.15. The number of halogens is 2. The SMILES string of the molecule is CC(C)CNCc1ccc(Br)cc1Sc1cccc(Cl)c1. The molecule has 4 heteroatoms. The zero-order valence-electron chi connectivity index (χ0n) is 12.2. The van der Waals surface area contributed by atoms with E-state index < -0.39 is 0 Å². The van der Waals surface area contributed by atoms with Crippen LogP contribution >= 0.6 is 39.3 Å². The Morgan fingerprint density at radius 1 is 1.19 bits per heavy atom. The Labute approximate surface area is 144 Å². The molecule has 21 heavy (non-hydrogen) atoms. The van der Waals surface area contributed by atoms with E-state index in [0.717, 1.165) is 27.5 Å². The largest absolute Gasteiger partial charge is 0.312 e. The second-order valence-corrected chi connectivity index (χ2v) is 7.80. The van der Waals surface area contributed by atoms with Crippen molar-refractivity contribution in [2.75, 3.05) is 6.54 Å². The Hall–Kier alpha value is -0.480. The molecule has 0 fully saturated rings. The molecule has 1 N–H and O–H groups in total. The summed E-state index contributed by atoms with van der Waals surface area (Å²) < 4.78 is 1.10. The van der Waals surface area contributed by atoms with E-state index in [1.165, 1.54) is 10.5 Å². The lowest BCUT2D eigenvalue weighted by atomic mass is 10.2. The third-order valence-electron chi connectivity index (χ3n) is 2.92. The van der Waals surface area contributed by atoms with E-state index in [-0.39, 0.29) is 0 Å². The van der Waals surface area contributed by atoms with E-state index in [0.29, 0.717) is 5.92 Å². The van der Waals surface area contributed by atoms with Crippen molar-refractivity contribution in [2.24, 2.45) is 5.92 Å². The Morgan fingerprint density at radius 3 is 2.71 bits per heavy atom. The van der Waals surface area contributed by atoms with Crippen LogP contribution < -0.4 is 5.32 Å². The molecule has 0 heterocycles. The molecule has 0 aliphatic heterocycles. The van der Waals surface area contributed by atoms with Gasteiger partial charge in [0.25, 0.3) is 0 Å². The summed E-state index contributed by atoms with van der Waals surface area (Å²) in [5.41, 5.74) is 1.31. The summed E-state index contributed by atoms with van der Waals surface area (Å²) in [5.74, 6) is 0.657. The lowest BCUT2D eigenvalue weighted by Crippen LogP contribution is -2.19. The second kappa shape index (κ2) is 8.23. The Morgan fingerprint density at radius 2 is 2.00 bits per heavy atom. The van der Waals surface area contributed by atoms with Gasteiger partial charge in [0.15, 0.2) is 0 Å². The zero-order valence-corrected chi connectivity index (χ0v) is 15.4. The Kier molecular flexibility index (Phi) is 6.62. The van der Waals surface area contributed by atoms with Crippen molar-refractivity contribution in [2.45, 2.75) is 30.2 Å². The van der Waals surface area contributed by atoms with Crippen molar-refractivity contribution in [1.82, 2.24) is 5.32 Å². The topological polar surface area (TPSA) is 12.0 Å². The standard InChI is InChI=1S/C17H19BrClNS/c1-12(2)10-20-11-13-6-7-14(18)8-17(13)21-16-5-3-4-15(19)9-16/h3-9,12,20H,10-11H2,1-2H3. The predicted molar refractivity (Wildman–Crippen MR) is 96.3 cm³/mol. The maximum absolute atomic E-state index is 6.07. The highest BCUT2D eigenvalue weighted by Gasteiger charge is 2.06. The molecule has 0 aliphatic rings. The van der Waals surface area contributed by atoms with E-state index in [4.69, 9.17) is 11.6 Å². The van der Waals surface area contributed by atoms with Crippen molar-refractivity contribution in [3.63, 3.8) is 0 Å². The van der Waals surface area contributed by atoms with Crippen LogP contribution in [-0.2, 0) is 6.54 Å². The zero-order chi connectivity index (χ0) is 15.2. The minimum absolute atomic E-state index is 0.657. The molecule has 0 saturated heterocycles. The van der Waals surface area contributed by atoms with E-state index in [9.17, 15) is 0 Å². The van der Waals surface area contributed by atoms with Crippen molar-refractivity contribution >= 4 is 39.3 Å². The molecule has 0 saturated carbocycles. The molecular formula is C17H19BrClNS. The molecule has 112 valence electrons. The third-order valence-corrected chi connectivity index (χ3v) is 4.74. The molecule has 2 aromatic rings. The van der Waals surface area contributed by atoms with Crippen molar-refractivity contribution in [1.29, 1.82) is 0 Å². The highest BCUT2D eigenvalue weighted by atomic mass is 79.9. The minimum Gasteiger partial charge on any atom is -0.312 e. The molecule has 0 bridgehead atoms. The van der Waals surface area contributed by atoms with E-state index in [1.54, 1.807) is 11.8 Å². The van der Waals surface area contributed by atoms with Gasteiger partial charge in [0, 0.05) is 25.8 Å². The van der Waals surface area contributed by atoms with Gasteiger partial charge < -0.3 is 5.32 Å². The molecular weight excluding hydrogens is 366 g/mol. The van der Waals surface area contributed by atoms with Gasteiger partial charge in [0.2, 0.25) is 0 Å². The molecule has 0 aromatic heterocycles. The fourth-order valence-electron chi connectivity index (χ4n) is 1.92. The van der Waals surface area contributed by atoms with Crippen LogP contribution in [0.1, 0.15) is 19.4 Å². The molecule has 0 atom stereocenters. The molecule has 1 nitrogen and oxygen atoms in total. The smallest absolute Gasteiger partial charge is 0.0417 e. The summed E-state index contributed by atoms with van der Waals surface area (Å²) in [6.07, 6.45) is 0. The van der Waals surface area contributed by atoms with Gasteiger partial charge in [-0.25, -0.2) is 0 Å². The first-order chi connectivity index (χ1) is 10.0. The van der Waals surface area contributed by atoms with Gasteiger partial charge in [-0.1, -0.05) is 65.3 Å². The molecule has 0 amide bonds. The van der Waals surface area contributed by atoms with Crippen molar-refractivity contribution < 1.29 is 0 Å². The fourth-order valence-corrected chi connectivity index (χ4v) is 3.73. The summed E-state index contributed by atoms with van der Waals surface area (Å²) in [7, 11) is 0. The van der Waals surface area contributed by atoms with Crippen LogP contribution in [0.4, 0.5) is 0 Å². The van der Waals surface area contributed by atoms with Crippen LogP contribution in [0.2, 0.25) is 5.02 Å². The number of hydrogen-bond donors (Lipinski definition) is 1. The first kappa shape index (κ1) is 16.9. The average molecular weight is 385 g/mol. The minimum atomic E-state index is 0.657. The number of rotatable bonds is 6. The summed E-state index contributed by atoms with van der Waals surface area (Å²) >= 11 is 11.4. The molecule has 0 radical (unpaired) electrons. The number of hydrogen-bond acceptors (Lipinski definition) is 2. The van der Waals surface area contributed by atoms with E-state index in [1.807, 2.05) is 18.2 Å². The van der Waals surface area contributed by atoms with Crippen LogP contribution in [0, 0.1) is 5.92 Å². The van der Waals surface area contributed by atoms with Gasteiger partial charge in [-0.2, -0.15) is 0 Å². The first-order valence-electron chi connectivity index (χ1n) is 6.97. The van der Waals surface area contributed by atoms with Crippen LogP contribution in [0.25, 0.3) is 0 Å². The molecule has 2 rings (SSSR count). The van der Waals surface area contributed by atoms with Gasteiger partial charge in [0.1, 0.15) is 0 Å². The van der Waals surface area contributed by atoms with Crippen LogP contribution in [0.5, 0.6) is 0 Å². The van der Waals surface area contributed by atoms with Crippen LogP contribution in [-0.4, -0.2) is 6.54 Å². The normalized spacial score (nSPS) is 11.1. The van der Waals surface area contributed by atoms with E-state index >= 15 is 0 Å². The highest BCUT2D eigenvalue weighted by molar-refractivity contribution is 9.10. The van der Waals surface area contributed by atoms with Crippen LogP contribution in [0.3, 0.4) is 0 Å². The lowest BCUT2D eigenvalue weighted by molar-refractivity contribution is 0.550. The van der Waals surface area contributed by atoms with Crippen molar-refractivity contribution in [3.05, 3.63) is 57.5 Å². The quantitative estimate of drug-likeness (QED) is 0.655. The van der Waals surface area contributed by atoms with Crippen molar-refractivity contribution in [3.8, 4) is 0 Å². The maximum Gasteiger partial charge on any atom is 0.0417 e. The van der Waals surface area contributed by atoms with E-state index in [2.05, 4.69) is 59.4 Å². The fraction of sp³-hybridized carbons (Fsp3) is 0.294. The van der Waals surface area contributed by atoms with Crippen LogP contribution in [0.15, 0.2) is 56.7 Å². The highest BCUT2D eigenvalue weighted by Crippen LogP contribution is 2.33. The van der Waals surface area contributed by atoms with Gasteiger partial charge in [-0.05, 0) is 48.4 Å². The summed E-state index contributed by atoms with van der Waals surface area (Å²) in [5, 5.41) is 4.28. The number of nitrogens with one attached hydrogen (secondary N) is 1. The Bertz CT molecular complexity index is 601. The molecule has 2 aromatic carbocycles. The van der Waals surface area contributed by atoms with Gasteiger partial charge in [-0.3, -0.25) is 0 Å². The van der Waals surface area contributed by atoms with Gasteiger partial charge in [-0.15, -0.1) is 0 Å². The van der Waals surface area contributed by atoms with Gasteiger partial charge >= 0.3 is 0 Å². The monoisotopic (exact) mass is 383 g/mol. The summed E-state index contributed by atoms with van der Waals surface area (Å²) in [4.78, 5) is 2.41. The predicted octanol–water partition coefficient (Wildman–Crippen LogP) is 6.00. The second-order valence-electron chi connectivity index (χ2n) is 5.34. The number of benzene rings is 2. The maximum atomic E-state index is 6.07. The molecule has 0 spiro atoms. The lowest BCUT2D eigenvalue weighted by Gasteiger charge is -2.12. The first-order valence-corrected chi connectivity index (χ1v) is 8.96. The third kappa shape index (κ3) is 5.67. The molecule has 0 aliphatic carbocycles. The summed E-state index contributed by atoms with van der Waals surface area (Å²) in [6.45, 7) is 6.35.